The number of ether oxygens (including phenoxy) is 1. The number of pyridine rings is 1. The number of nitrogens with one attached hydrogen (secondary N) is 1. The van der Waals surface area contributed by atoms with Crippen LogP contribution in [0, 0.1) is 5.92 Å². The van der Waals surface area contributed by atoms with Gasteiger partial charge in [-0.25, -0.2) is 4.98 Å². The van der Waals surface area contributed by atoms with E-state index in [1.54, 1.807) is 30.7 Å². The van der Waals surface area contributed by atoms with Crippen molar-refractivity contribution in [2.75, 3.05) is 7.11 Å². The van der Waals surface area contributed by atoms with Crippen LogP contribution in [0.2, 0.25) is 0 Å². The van der Waals surface area contributed by atoms with Crippen LogP contribution in [0.1, 0.15) is 30.0 Å². The molecule has 122 valence electrons. The molecule has 1 amide bonds. The summed E-state index contributed by atoms with van der Waals surface area (Å²) in [6.07, 6.45) is 3.26. The Kier molecular flexibility index (Phi) is 4.93. The van der Waals surface area contributed by atoms with Crippen molar-refractivity contribution in [3.63, 3.8) is 0 Å². The molecule has 1 atom stereocenters. The van der Waals surface area contributed by atoms with Gasteiger partial charge in [0.1, 0.15) is 0 Å². The molecule has 1 aliphatic rings. The highest BCUT2D eigenvalue weighted by Gasteiger charge is 2.35. The summed E-state index contributed by atoms with van der Waals surface area (Å²) in [6.45, 7) is 0. The zero-order valence-corrected chi connectivity index (χ0v) is 13.8. The predicted molar refractivity (Wildman–Crippen MR) is 88.4 cm³/mol. The van der Waals surface area contributed by atoms with E-state index in [1.807, 2.05) is 22.9 Å². The van der Waals surface area contributed by atoms with Crippen molar-refractivity contribution in [2.24, 2.45) is 5.92 Å². The summed E-state index contributed by atoms with van der Waals surface area (Å²) < 4.78 is 5.08. The van der Waals surface area contributed by atoms with Gasteiger partial charge in [-0.15, -0.1) is 0 Å². The minimum Gasteiger partial charge on any atom is -0.481 e. The van der Waals surface area contributed by atoms with Crippen molar-refractivity contribution in [2.45, 2.75) is 31.4 Å². The number of methoxy groups -OCH3 is 1. The Morgan fingerprint density at radius 1 is 1.48 bits per heavy atom. The second kappa shape index (κ2) is 7.10. The summed E-state index contributed by atoms with van der Waals surface area (Å²) in [5.41, 5.74) is 1.97. The number of aliphatic hydroxyl groups excluding tert-OH is 1. The average Bonchev–Trinajstić information content (AvgIpc) is 3.03. The second-order valence-electron chi connectivity index (χ2n) is 5.87. The van der Waals surface area contributed by atoms with E-state index in [0.29, 0.717) is 25.1 Å². The Bertz CT molecular complexity index is 636. The minimum atomic E-state index is -0.262. The fourth-order valence-electron chi connectivity index (χ4n) is 2.87. The molecule has 0 saturated heterocycles. The van der Waals surface area contributed by atoms with Crippen LogP contribution in [-0.4, -0.2) is 29.2 Å². The topological polar surface area (TPSA) is 71.5 Å². The fourth-order valence-corrected chi connectivity index (χ4v) is 3.54. The molecular weight excluding hydrogens is 312 g/mol. The van der Waals surface area contributed by atoms with Gasteiger partial charge in [0.15, 0.2) is 0 Å². The zero-order valence-electron chi connectivity index (χ0n) is 12.9. The first-order chi connectivity index (χ1) is 11.2. The highest BCUT2D eigenvalue weighted by Crippen LogP contribution is 2.38. The molecule has 2 heterocycles. The first-order valence-corrected chi connectivity index (χ1v) is 8.58. The lowest BCUT2D eigenvalue weighted by molar-refractivity contribution is -0.122. The normalized spacial score (nSPS) is 21.3. The molecule has 0 unspecified atom stereocenters. The SMILES string of the molecule is COc1ccc([C@H](NC(=O)Cc2ccsc2)C2CC(O)C2)cn1. The molecule has 1 aliphatic carbocycles. The summed E-state index contributed by atoms with van der Waals surface area (Å²) in [6, 6.07) is 5.55. The number of carbonyl (C=O) groups is 1. The lowest BCUT2D eigenvalue weighted by Gasteiger charge is -2.38. The molecule has 2 N–H and O–H groups in total. The van der Waals surface area contributed by atoms with Crippen molar-refractivity contribution in [3.8, 4) is 5.88 Å². The van der Waals surface area contributed by atoms with Crippen LogP contribution in [0.3, 0.4) is 0 Å². The molecule has 0 bridgehead atoms. The van der Waals surface area contributed by atoms with E-state index in [4.69, 9.17) is 4.74 Å². The molecule has 3 rings (SSSR count). The van der Waals surface area contributed by atoms with E-state index in [0.717, 1.165) is 11.1 Å². The first-order valence-electron chi connectivity index (χ1n) is 7.64. The quantitative estimate of drug-likeness (QED) is 0.852. The van der Waals surface area contributed by atoms with Crippen LogP contribution in [0.15, 0.2) is 35.2 Å². The Balaban J connectivity index is 1.71. The lowest BCUT2D eigenvalue weighted by atomic mass is 9.75. The highest BCUT2D eigenvalue weighted by atomic mass is 32.1. The Labute approximate surface area is 139 Å². The van der Waals surface area contributed by atoms with Gasteiger partial charge in [0.2, 0.25) is 11.8 Å². The molecule has 0 spiro atoms. The van der Waals surface area contributed by atoms with Crippen LogP contribution in [0.4, 0.5) is 0 Å². The maximum absolute atomic E-state index is 12.3. The summed E-state index contributed by atoms with van der Waals surface area (Å²) >= 11 is 1.59. The van der Waals surface area contributed by atoms with Crippen LogP contribution in [0.5, 0.6) is 5.88 Å². The van der Waals surface area contributed by atoms with Gasteiger partial charge in [-0.1, -0.05) is 6.07 Å². The smallest absolute Gasteiger partial charge is 0.224 e. The molecule has 5 nitrogen and oxygen atoms in total. The molecule has 1 fully saturated rings. The second-order valence-corrected chi connectivity index (χ2v) is 6.65. The Hall–Kier alpha value is -1.92. The van der Waals surface area contributed by atoms with Crippen LogP contribution in [-0.2, 0) is 11.2 Å². The van der Waals surface area contributed by atoms with E-state index in [2.05, 4.69) is 10.3 Å². The number of nitrogens with zero attached hydrogens (tertiary/aromatic N) is 1. The van der Waals surface area contributed by atoms with Crippen LogP contribution < -0.4 is 10.1 Å². The third kappa shape index (κ3) is 3.89. The maximum atomic E-state index is 12.3. The van der Waals surface area contributed by atoms with E-state index in [-0.39, 0.29) is 24.0 Å². The van der Waals surface area contributed by atoms with Crippen molar-refractivity contribution in [1.82, 2.24) is 10.3 Å². The molecule has 1 saturated carbocycles. The third-order valence-corrected chi connectivity index (χ3v) is 4.94. The summed E-state index contributed by atoms with van der Waals surface area (Å²) in [5.74, 6) is 0.781. The number of hydrogen-bond donors (Lipinski definition) is 2. The van der Waals surface area contributed by atoms with Gasteiger partial charge in [0.25, 0.3) is 0 Å². The molecule has 2 aromatic rings. The van der Waals surface area contributed by atoms with Gasteiger partial charge in [-0.2, -0.15) is 11.3 Å². The lowest BCUT2D eigenvalue weighted by Crippen LogP contribution is -2.41. The van der Waals surface area contributed by atoms with Gasteiger partial charge in [-0.3, -0.25) is 4.79 Å². The van der Waals surface area contributed by atoms with Crippen LogP contribution >= 0.6 is 11.3 Å². The fraction of sp³-hybridized carbons (Fsp3) is 0.412. The number of carbonyl (C=O) groups excluding carboxylic acids is 1. The molecule has 0 aliphatic heterocycles. The number of aliphatic hydroxyl groups is 1. The third-order valence-electron chi connectivity index (χ3n) is 4.21. The van der Waals surface area contributed by atoms with Gasteiger partial charge >= 0.3 is 0 Å². The minimum absolute atomic E-state index is 0.00870. The standard InChI is InChI=1S/C17H20N2O3S/c1-22-16-3-2-12(9-18-16)17(13-7-14(20)8-13)19-15(21)6-11-4-5-23-10-11/h2-5,9-10,13-14,17,20H,6-8H2,1H3,(H,19,21)/t13?,14?,17-/m0/s1. The number of amides is 1. The monoisotopic (exact) mass is 332 g/mol. The van der Waals surface area contributed by atoms with E-state index in [1.165, 1.54) is 0 Å². The molecule has 23 heavy (non-hydrogen) atoms. The highest BCUT2D eigenvalue weighted by molar-refractivity contribution is 7.07. The van der Waals surface area contributed by atoms with Gasteiger partial charge < -0.3 is 15.2 Å². The predicted octanol–water partition coefficient (Wildman–Crippen LogP) is 2.32. The number of hydrogen-bond acceptors (Lipinski definition) is 5. The zero-order chi connectivity index (χ0) is 16.2. The molecule has 0 radical (unpaired) electrons. The molecule has 6 heteroatoms. The van der Waals surface area contributed by atoms with E-state index in [9.17, 15) is 9.90 Å². The number of aromatic nitrogens is 1. The molecule has 2 aromatic heterocycles. The number of thiophene rings is 1. The van der Waals surface area contributed by atoms with Gasteiger partial charge in [-0.05, 0) is 46.7 Å². The van der Waals surface area contributed by atoms with Crippen molar-refractivity contribution in [1.29, 1.82) is 0 Å². The van der Waals surface area contributed by atoms with Gasteiger partial charge in [0.05, 0.1) is 25.7 Å². The van der Waals surface area contributed by atoms with Crippen molar-refractivity contribution >= 4 is 17.2 Å². The summed E-state index contributed by atoms with van der Waals surface area (Å²) in [7, 11) is 1.57. The van der Waals surface area contributed by atoms with Crippen molar-refractivity contribution in [3.05, 3.63) is 46.3 Å². The van der Waals surface area contributed by atoms with Crippen LogP contribution in [0.25, 0.3) is 0 Å². The Morgan fingerprint density at radius 3 is 2.87 bits per heavy atom. The van der Waals surface area contributed by atoms with Crippen molar-refractivity contribution < 1.29 is 14.6 Å². The first kappa shape index (κ1) is 16.0. The summed E-state index contributed by atoms with van der Waals surface area (Å²) in [5, 5.41) is 16.6. The number of rotatable bonds is 6. The Morgan fingerprint density at radius 2 is 2.30 bits per heavy atom. The molecule has 0 aromatic carbocycles. The summed E-state index contributed by atoms with van der Waals surface area (Å²) in [4.78, 5) is 16.6. The van der Waals surface area contributed by atoms with E-state index >= 15 is 0 Å². The largest absolute Gasteiger partial charge is 0.481 e. The average molecular weight is 332 g/mol. The molecular formula is C17H20N2O3S. The van der Waals surface area contributed by atoms with Gasteiger partial charge in [0, 0.05) is 12.3 Å². The maximum Gasteiger partial charge on any atom is 0.224 e. The van der Waals surface area contributed by atoms with E-state index < -0.39 is 0 Å².